The number of hydrogen-bond acceptors (Lipinski definition) is 5. The summed E-state index contributed by atoms with van der Waals surface area (Å²) in [5, 5.41) is 4.72. The van der Waals surface area contributed by atoms with Crippen LogP contribution in [0.4, 0.5) is 0 Å². The molecular formula is C14H16ClN3O2. The third-order valence-electron chi connectivity index (χ3n) is 3.41. The minimum absolute atomic E-state index is 0.103. The maximum Gasteiger partial charge on any atom is 0.255 e. The van der Waals surface area contributed by atoms with Crippen molar-refractivity contribution in [1.82, 2.24) is 10.1 Å². The lowest BCUT2D eigenvalue weighted by molar-refractivity contribution is 0.0307. The maximum atomic E-state index is 5.86. The second-order valence-electron chi connectivity index (χ2n) is 4.91. The van der Waals surface area contributed by atoms with Crippen molar-refractivity contribution in [3.63, 3.8) is 0 Å². The number of nitrogens with two attached hydrogens (primary N) is 1. The van der Waals surface area contributed by atoms with Crippen LogP contribution < -0.4 is 5.73 Å². The van der Waals surface area contributed by atoms with Crippen LogP contribution in [-0.2, 0) is 11.2 Å². The van der Waals surface area contributed by atoms with Crippen molar-refractivity contribution in [2.24, 2.45) is 5.73 Å². The van der Waals surface area contributed by atoms with E-state index in [0.717, 1.165) is 23.4 Å². The van der Waals surface area contributed by atoms with Gasteiger partial charge in [-0.2, -0.15) is 4.98 Å². The van der Waals surface area contributed by atoms with Crippen LogP contribution in [0.5, 0.6) is 0 Å². The van der Waals surface area contributed by atoms with Gasteiger partial charge in [-0.05, 0) is 30.5 Å². The molecule has 3 rings (SSSR count). The first-order chi connectivity index (χ1) is 9.74. The van der Waals surface area contributed by atoms with E-state index in [1.807, 2.05) is 24.3 Å². The summed E-state index contributed by atoms with van der Waals surface area (Å²) in [6.45, 7) is 0.530. The van der Waals surface area contributed by atoms with Crippen molar-refractivity contribution in [2.45, 2.75) is 31.5 Å². The van der Waals surface area contributed by atoms with Crippen LogP contribution >= 0.6 is 11.6 Å². The van der Waals surface area contributed by atoms with Crippen molar-refractivity contribution in [2.75, 3.05) is 6.54 Å². The van der Waals surface area contributed by atoms with Gasteiger partial charge in [0.1, 0.15) is 6.10 Å². The van der Waals surface area contributed by atoms with Crippen molar-refractivity contribution in [3.8, 4) is 0 Å². The lowest BCUT2D eigenvalue weighted by Crippen LogP contribution is -2.18. The Bertz CT molecular complexity index is 570. The van der Waals surface area contributed by atoms with E-state index in [0.29, 0.717) is 24.7 Å². The predicted octanol–water partition coefficient (Wildman–Crippen LogP) is 2.49. The summed E-state index contributed by atoms with van der Waals surface area (Å²) >= 11 is 5.86. The van der Waals surface area contributed by atoms with E-state index in [1.165, 1.54) is 0 Å². The number of benzene rings is 1. The van der Waals surface area contributed by atoms with E-state index < -0.39 is 0 Å². The average Bonchev–Trinajstić information content (AvgIpc) is 3.10. The molecule has 106 valence electrons. The van der Waals surface area contributed by atoms with E-state index in [1.54, 1.807) is 0 Å². The zero-order valence-electron chi connectivity index (χ0n) is 11.0. The highest BCUT2D eigenvalue weighted by atomic mass is 35.5. The number of nitrogens with zero attached hydrogens (tertiary/aromatic N) is 2. The Hall–Kier alpha value is -1.43. The molecule has 2 N–H and O–H groups in total. The van der Waals surface area contributed by atoms with E-state index in [2.05, 4.69) is 10.1 Å². The Kier molecular flexibility index (Phi) is 4.00. The number of aromatic nitrogens is 2. The van der Waals surface area contributed by atoms with Crippen LogP contribution in [0.2, 0.25) is 5.02 Å². The van der Waals surface area contributed by atoms with Gasteiger partial charge in [0.15, 0.2) is 5.82 Å². The fraction of sp³-hybridized carbons (Fsp3) is 0.429. The van der Waals surface area contributed by atoms with Crippen LogP contribution in [0.1, 0.15) is 36.2 Å². The highest BCUT2D eigenvalue weighted by Crippen LogP contribution is 2.31. The van der Waals surface area contributed by atoms with Crippen molar-refractivity contribution >= 4 is 11.6 Å². The molecule has 6 heteroatoms. The number of halogens is 1. The third kappa shape index (κ3) is 3.00. The quantitative estimate of drug-likeness (QED) is 0.937. The van der Waals surface area contributed by atoms with Crippen molar-refractivity contribution in [3.05, 3.63) is 46.6 Å². The van der Waals surface area contributed by atoms with E-state index >= 15 is 0 Å². The van der Waals surface area contributed by atoms with Gasteiger partial charge in [0.05, 0.1) is 6.10 Å². The zero-order valence-corrected chi connectivity index (χ0v) is 11.7. The lowest BCUT2D eigenvalue weighted by Gasteiger charge is -2.07. The molecule has 0 spiro atoms. The SMILES string of the molecule is NCC1CCC(c2nc(Cc3ccc(Cl)cc3)no2)O1. The molecular weight excluding hydrogens is 278 g/mol. The van der Waals surface area contributed by atoms with Crippen LogP contribution in [0.15, 0.2) is 28.8 Å². The van der Waals surface area contributed by atoms with Gasteiger partial charge in [-0.3, -0.25) is 0 Å². The third-order valence-corrected chi connectivity index (χ3v) is 3.66. The van der Waals surface area contributed by atoms with Crippen molar-refractivity contribution < 1.29 is 9.26 Å². The van der Waals surface area contributed by atoms with Gasteiger partial charge in [-0.1, -0.05) is 28.9 Å². The lowest BCUT2D eigenvalue weighted by atomic mass is 10.1. The van der Waals surface area contributed by atoms with Gasteiger partial charge in [-0.25, -0.2) is 0 Å². The second-order valence-corrected chi connectivity index (χ2v) is 5.35. The zero-order chi connectivity index (χ0) is 13.9. The summed E-state index contributed by atoms with van der Waals surface area (Å²) in [6, 6.07) is 7.61. The van der Waals surface area contributed by atoms with Gasteiger partial charge in [0.2, 0.25) is 0 Å². The summed E-state index contributed by atoms with van der Waals surface area (Å²) < 4.78 is 11.0. The summed E-state index contributed by atoms with van der Waals surface area (Å²) in [7, 11) is 0. The second kappa shape index (κ2) is 5.91. The molecule has 1 fully saturated rings. The summed E-state index contributed by atoms with van der Waals surface area (Å²) in [5.74, 6) is 1.20. The molecule has 2 unspecified atom stereocenters. The molecule has 1 aliphatic rings. The Morgan fingerprint density at radius 2 is 2.05 bits per heavy atom. The minimum Gasteiger partial charge on any atom is -0.364 e. The van der Waals surface area contributed by atoms with E-state index in [9.17, 15) is 0 Å². The molecule has 2 aromatic rings. The summed E-state index contributed by atoms with van der Waals surface area (Å²) in [5.41, 5.74) is 6.68. The average molecular weight is 294 g/mol. The Morgan fingerprint density at radius 3 is 2.75 bits per heavy atom. The predicted molar refractivity (Wildman–Crippen MR) is 74.5 cm³/mol. The molecule has 0 bridgehead atoms. The molecule has 1 aliphatic heterocycles. The standard InChI is InChI=1S/C14H16ClN3O2/c15-10-3-1-9(2-4-10)7-13-17-14(20-18-13)12-6-5-11(8-16)19-12/h1-4,11-12H,5-8,16H2. The van der Waals surface area contributed by atoms with Crippen LogP contribution in [0.25, 0.3) is 0 Å². The first kappa shape index (κ1) is 13.5. The van der Waals surface area contributed by atoms with E-state index in [-0.39, 0.29) is 12.2 Å². The smallest absolute Gasteiger partial charge is 0.255 e. The normalized spacial score (nSPS) is 22.3. The van der Waals surface area contributed by atoms with Gasteiger partial charge in [0, 0.05) is 18.0 Å². The first-order valence-corrected chi connectivity index (χ1v) is 7.05. The summed E-state index contributed by atoms with van der Waals surface area (Å²) in [4.78, 5) is 4.40. The summed E-state index contributed by atoms with van der Waals surface area (Å²) in [6.07, 6.45) is 2.43. The van der Waals surface area contributed by atoms with Crippen LogP contribution in [-0.4, -0.2) is 22.8 Å². The fourth-order valence-electron chi connectivity index (χ4n) is 2.32. The molecule has 0 amide bonds. The Morgan fingerprint density at radius 1 is 1.25 bits per heavy atom. The highest BCUT2D eigenvalue weighted by Gasteiger charge is 2.29. The van der Waals surface area contributed by atoms with Gasteiger partial charge >= 0.3 is 0 Å². The molecule has 1 aromatic carbocycles. The van der Waals surface area contributed by atoms with Gasteiger partial charge in [-0.15, -0.1) is 0 Å². The number of hydrogen-bond donors (Lipinski definition) is 1. The largest absolute Gasteiger partial charge is 0.364 e. The van der Waals surface area contributed by atoms with Gasteiger partial charge < -0.3 is 15.0 Å². The Labute approximate surface area is 122 Å². The van der Waals surface area contributed by atoms with Crippen LogP contribution in [0.3, 0.4) is 0 Å². The molecule has 0 radical (unpaired) electrons. The monoisotopic (exact) mass is 293 g/mol. The van der Waals surface area contributed by atoms with E-state index in [4.69, 9.17) is 26.6 Å². The van der Waals surface area contributed by atoms with Crippen LogP contribution in [0, 0.1) is 0 Å². The number of ether oxygens (including phenoxy) is 1. The first-order valence-electron chi connectivity index (χ1n) is 6.67. The number of rotatable bonds is 4. The fourth-order valence-corrected chi connectivity index (χ4v) is 2.44. The molecule has 1 saturated heterocycles. The Balaban J connectivity index is 1.66. The highest BCUT2D eigenvalue weighted by molar-refractivity contribution is 6.30. The minimum atomic E-state index is -0.116. The van der Waals surface area contributed by atoms with Crippen molar-refractivity contribution in [1.29, 1.82) is 0 Å². The topological polar surface area (TPSA) is 74.2 Å². The molecule has 5 nitrogen and oxygen atoms in total. The molecule has 20 heavy (non-hydrogen) atoms. The molecule has 2 atom stereocenters. The van der Waals surface area contributed by atoms with Gasteiger partial charge in [0.25, 0.3) is 5.89 Å². The molecule has 1 aromatic heterocycles. The molecule has 2 heterocycles. The molecule has 0 saturated carbocycles. The molecule has 0 aliphatic carbocycles. The maximum absolute atomic E-state index is 5.86.